The van der Waals surface area contributed by atoms with Gasteiger partial charge < -0.3 is 32.1 Å². The quantitative estimate of drug-likeness (QED) is 0.306. The average Bonchev–Trinajstić information content (AvgIpc) is 3.02. The first-order valence-electron chi connectivity index (χ1n) is 8.22. The Balaban J connectivity index is 2.77. The Morgan fingerprint density at radius 1 is 1.19 bits per heavy atom. The van der Waals surface area contributed by atoms with Gasteiger partial charge in [0.05, 0.1) is 12.5 Å². The van der Waals surface area contributed by atoms with Crippen LogP contribution in [0.1, 0.15) is 33.1 Å². The van der Waals surface area contributed by atoms with E-state index in [1.807, 2.05) is 0 Å². The van der Waals surface area contributed by atoms with Gasteiger partial charge in [0.2, 0.25) is 23.6 Å². The lowest BCUT2D eigenvalue weighted by Crippen LogP contribution is -2.56. The molecule has 0 aromatic rings. The van der Waals surface area contributed by atoms with E-state index < -0.39 is 60.2 Å². The van der Waals surface area contributed by atoms with E-state index in [2.05, 4.69) is 10.6 Å². The molecule has 0 spiro atoms. The molecule has 4 unspecified atom stereocenters. The highest BCUT2D eigenvalue weighted by Crippen LogP contribution is 2.19. The van der Waals surface area contributed by atoms with Crippen LogP contribution in [0.2, 0.25) is 0 Å². The van der Waals surface area contributed by atoms with Gasteiger partial charge in [0.1, 0.15) is 18.1 Å². The number of nitrogens with zero attached hydrogens (tertiary/aromatic N) is 1. The highest BCUT2D eigenvalue weighted by molar-refractivity contribution is 5.95. The molecule has 146 valence electrons. The van der Waals surface area contributed by atoms with E-state index in [9.17, 15) is 24.0 Å². The summed E-state index contributed by atoms with van der Waals surface area (Å²) in [6.07, 6.45) is 0.336. The van der Waals surface area contributed by atoms with Crippen molar-refractivity contribution >= 4 is 29.6 Å². The molecule has 0 radical (unpaired) electrons. The minimum atomic E-state index is -1.47. The number of rotatable bonds is 8. The summed E-state index contributed by atoms with van der Waals surface area (Å²) in [5.74, 6) is -3.93. The Kier molecular flexibility index (Phi) is 7.50. The van der Waals surface area contributed by atoms with Crippen molar-refractivity contribution in [3.05, 3.63) is 0 Å². The van der Waals surface area contributed by atoms with Crippen LogP contribution in [0.5, 0.6) is 0 Å². The zero-order valence-corrected chi connectivity index (χ0v) is 14.7. The van der Waals surface area contributed by atoms with Crippen LogP contribution in [0, 0.1) is 0 Å². The number of hydrogen-bond donors (Lipinski definition) is 5. The maximum absolute atomic E-state index is 12.5. The van der Waals surface area contributed by atoms with Crippen LogP contribution in [0.4, 0.5) is 0 Å². The van der Waals surface area contributed by atoms with E-state index in [4.69, 9.17) is 16.6 Å². The highest BCUT2D eigenvalue weighted by Gasteiger charge is 2.38. The number of amides is 4. The summed E-state index contributed by atoms with van der Waals surface area (Å²) in [6.45, 7) is 3.25. The van der Waals surface area contributed by atoms with Crippen molar-refractivity contribution in [2.24, 2.45) is 11.5 Å². The third-order valence-electron chi connectivity index (χ3n) is 4.00. The second-order valence-electron chi connectivity index (χ2n) is 6.28. The molecule has 4 atom stereocenters. The molecule has 1 heterocycles. The monoisotopic (exact) mass is 371 g/mol. The maximum atomic E-state index is 12.5. The number of nitrogens with two attached hydrogens (primary N) is 2. The lowest BCUT2D eigenvalue weighted by atomic mass is 10.1. The average molecular weight is 371 g/mol. The van der Waals surface area contributed by atoms with Crippen molar-refractivity contribution in [3.8, 4) is 0 Å². The minimum absolute atomic E-state index is 0.295. The SMILES string of the molecule is CC(N)C(=O)NC(C)C(=O)N1CCCC1C(=O)NC(CC(N)=O)C(=O)O. The number of aliphatic carboxylic acids is 1. The van der Waals surface area contributed by atoms with E-state index >= 15 is 0 Å². The number of carbonyl (C=O) groups excluding carboxylic acids is 4. The van der Waals surface area contributed by atoms with Crippen molar-refractivity contribution in [1.82, 2.24) is 15.5 Å². The topological polar surface area (TPSA) is 185 Å². The summed E-state index contributed by atoms with van der Waals surface area (Å²) in [5, 5.41) is 13.8. The molecule has 0 saturated carbocycles. The first-order valence-corrected chi connectivity index (χ1v) is 8.22. The van der Waals surface area contributed by atoms with Gasteiger partial charge in [-0.1, -0.05) is 0 Å². The molecule has 11 nitrogen and oxygen atoms in total. The van der Waals surface area contributed by atoms with Crippen LogP contribution in [0.3, 0.4) is 0 Å². The number of primary amides is 1. The fourth-order valence-corrected chi connectivity index (χ4v) is 2.63. The summed E-state index contributed by atoms with van der Waals surface area (Å²) in [6, 6.07) is -4.02. The van der Waals surface area contributed by atoms with E-state index in [0.717, 1.165) is 0 Å². The maximum Gasteiger partial charge on any atom is 0.326 e. The van der Waals surface area contributed by atoms with Gasteiger partial charge in [-0.15, -0.1) is 0 Å². The van der Waals surface area contributed by atoms with Gasteiger partial charge in [0.15, 0.2) is 0 Å². The van der Waals surface area contributed by atoms with E-state index in [1.165, 1.54) is 18.7 Å². The van der Waals surface area contributed by atoms with Crippen LogP contribution in [0.15, 0.2) is 0 Å². The summed E-state index contributed by atoms with van der Waals surface area (Å²) in [4.78, 5) is 59.9. The Labute approximate surface area is 150 Å². The molecule has 1 saturated heterocycles. The van der Waals surface area contributed by atoms with Crippen molar-refractivity contribution in [2.45, 2.75) is 57.3 Å². The molecule has 0 aromatic heterocycles. The summed E-state index contributed by atoms with van der Waals surface area (Å²) in [5.41, 5.74) is 10.4. The van der Waals surface area contributed by atoms with E-state index in [1.54, 1.807) is 0 Å². The normalized spacial score (nSPS) is 20.0. The Morgan fingerprint density at radius 2 is 1.81 bits per heavy atom. The van der Waals surface area contributed by atoms with Crippen LogP contribution in [-0.2, 0) is 24.0 Å². The third-order valence-corrected chi connectivity index (χ3v) is 4.00. The number of nitrogens with one attached hydrogen (secondary N) is 2. The van der Waals surface area contributed by atoms with Gasteiger partial charge in [-0.05, 0) is 26.7 Å². The van der Waals surface area contributed by atoms with Gasteiger partial charge >= 0.3 is 5.97 Å². The van der Waals surface area contributed by atoms with E-state index in [0.29, 0.717) is 19.4 Å². The first kappa shape index (κ1) is 21.4. The Bertz CT molecular complexity index is 593. The molecule has 0 bridgehead atoms. The van der Waals surface area contributed by atoms with Crippen molar-refractivity contribution in [1.29, 1.82) is 0 Å². The molecule has 1 fully saturated rings. The largest absolute Gasteiger partial charge is 0.480 e. The van der Waals surface area contributed by atoms with Gasteiger partial charge in [0.25, 0.3) is 0 Å². The standard InChI is InChI=1S/C15H25N5O6/c1-7(16)12(22)18-8(2)14(24)20-5-3-4-10(20)13(23)19-9(15(25)26)6-11(17)21/h7-10H,3-6,16H2,1-2H3,(H2,17,21)(H,18,22)(H,19,23)(H,25,26). The Morgan fingerprint density at radius 3 is 2.31 bits per heavy atom. The number of carbonyl (C=O) groups is 5. The van der Waals surface area contributed by atoms with Crippen LogP contribution in [0.25, 0.3) is 0 Å². The second kappa shape index (κ2) is 9.13. The fraction of sp³-hybridized carbons (Fsp3) is 0.667. The van der Waals surface area contributed by atoms with Crippen molar-refractivity contribution < 1.29 is 29.1 Å². The molecular weight excluding hydrogens is 346 g/mol. The van der Waals surface area contributed by atoms with Gasteiger partial charge in [-0.2, -0.15) is 0 Å². The number of carboxylic acids is 1. The first-order chi connectivity index (χ1) is 12.0. The summed E-state index contributed by atoms with van der Waals surface area (Å²) >= 11 is 0. The number of carboxylic acid groups (broad SMARTS) is 1. The molecule has 11 heteroatoms. The third kappa shape index (κ3) is 5.69. The zero-order chi connectivity index (χ0) is 20.0. The number of likely N-dealkylation sites (tertiary alicyclic amines) is 1. The molecule has 1 aliphatic rings. The molecule has 26 heavy (non-hydrogen) atoms. The van der Waals surface area contributed by atoms with Crippen molar-refractivity contribution in [2.75, 3.05) is 6.54 Å². The molecule has 0 aromatic carbocycles. The zero-order valence-electron chi connectivity index (χ0n) is 14.7. The van der Waals surface area contributed by atoms with Gasteiger partial charge in [-0.3, -0.25) is 19.2 Å². The summed E-state index contributed by atoms with van der Waals surface area (Å²) < 4.78 is 0. The molecular formula is C15H25N5O6. The lowest BCUT2D eigenvalue weighted by Gasteiger charge is -2.28. The molecule has 4 amide bonds. The van der Waals surface area contributed by atoms with Crippen LogP contribution < -0.4 is 22.1 Å². The fourth-order valence-electron chi connectivity index (χ4n) is 2.63. The van der Waals surface area contributed by atoms with Gasteiger partial charge in [-0.25, -0.2) is 4.79 Å². The van der Waals surface area contributed by atoms with Crippen molar-refractivity contribution in [3.63, 3.8) is 0 Å². The summed E-state index contributed by atoms with van der Waals surface area (Å²) in [7, 11) is 0. The predicted molar refractivity (Wildman–Crippen MR) is 89.4 cm³/mol. The lowest BCUT2D eigenvalue weighted by molar-refractivity contribution is -0.145. The number of hydrogen-bond acceptors (Lipinski definition) is 6. The molecule has 1 rings (SSSR count). The highest BCUT2D eigenvalue weighted by atomic mass is 16.4. The van der Waals surface area contributed by atoms with E-state index in [-0.39, 0.29) is 0 Å². The second-order valence-corrected chi connectivity index (χ2v) is 6.28. The van der Waals surface area contributed by atoms with Crippen LogP contribution in [-0.4, -0.2) is 70.3 Å². The molecule has 0 aliphatic carbocycles. The van der Waals surface area contributed by atoms with Gasteiger partial charge in [0, 0.05) is 6.54 Å². The Hall–Kier alpha value is -2.69. The predicted octanol–water partition coefficient (Wildman–Crippen LogP) is -2.73. The minimum Gasteiger partial charge on any atom is -0.480 e. The smallest absolute Gasteiger partial charge is 0.326 e. The van der Waals surface area contributed by atoms with Crippen LogP contribution >= 0.6 is 0 Å². The molecule has 7 N–H and O–H groups in total. The molecule has 1 aliphatic heterocycles.